The number of carbonyl (C=O) groups is 2. The van der Waals surface area contributed by atoms with Gasteiger partial charge in [0.05, 0.1) is 18.4 Å². The van der Waals surface area contributed by atoms with E-state index in [-0.39, 0.29) is 24.5 Å². The fourth-order valence-electron chi connectivity index (χ4n) is 3.31. The van der Waals surface area contributed by atoms with Crippen molar-refractivity contribution in [2.24, 2.45) is 11.8 Å². The molecule has 0 unspecified atom stereocenters. The second-order valence-electron chi connectivity index (χ2n) is 9.71. The van der Waals surface area contributed by atoms with Crippen molar-refractivity contribution in [3.8, 4) is 0 Å². The summed E-state index contributed by atoms with van der Waals surface area (Å²) in [5.74, 6) is -0.824. The summed E-state index contributed by atoms with van der Waals surface area (Å²) < 4.78 is 17.3. The SMILES string of the molecule is CCC[C@H](CC(=O)OC(C)(C)C)C(=O)O[C@@H](C)[C@H](CCc1ccccc1)OCC(C)C. The third-order valence-corrected chi connectivity index (χ3v) is 4.83. The second-order valence-corrected chi connectivity index (χ2v) is 9.71. The van der Waals surface area contributed by atoms with Crippen molar-refractivity contribution in [3.05, 3.63) is 35.9 Å². The number of benzene rings is 1. The summed E-state index contributed by atoms with van der Waals surface area (Å²) >= 11 is 0. The predicted molar refractivity (Wildman–Crippen MR) is 124 cm³/mol. The van der Waals surface area contributed by atoms with Crippen LogP contribution in [-0.2, 0) is 30.2 Å². The number of hydrogen-bond acceptors (Lipinski definition) is 5. The standard InChI is InChI=1S/C26H42O5/c1-8-12-22(17-24(27)31-26(5,6)7)25(28)30-20(4)23(29-18-19(2)3)16-15-21-13-10-9-11-14-21/h9-11,13-14,19-20,22-23H,8,12,15-18H2,1-7H3/t20-,22+,23-/m0/s1. The zero-order valence-electron chi connectivity index (χ0n) is 20.5. The van der Waals surface area contributed by atoms with Gasteiger partial charge in [0.25, 0.3) is 0 Å². The zero-order valence-corrected chi connectivity index (χ0v) is 20.5. The quantitative estimate of drug-likeness (QED) is 0.370. The minimum Gasteiger partial charge on any atom is -0.460 e. The number of ether oxygens (including phenoxy) is 3. The van der Waals surface area contributed by atoms with Gasteiger partial charge >= 0.3 is 11.9 Å². The highest BCUT2D eigenvalue weighted by atomic mass is 16.6. The average Bonchev–Trinajstić information content (AvgIpc) is 2.66. The Bertz CT molecular complexity index is 648. The maximum absolute atomic E-state index is 12.9. The molecule has 5 heteroatoms. The lowest BCUT2D eigenvalue weighted by Crippen LogP contribution is -2.35. The molecule has 0 heterocycles. The molecule has 0 aliphatic heterocycles. The molecular formula is C26H42O5. The lowest BCUT2D eigenvalue weighted by atomic mass is 9.99. The Morgan fingerprint density at radius 2 is 1.65 bits per heavy atom. The molecule has 0 spiro atoms. The molecule has 0 fully saturated rings. The molecule has 0 bridgehead atoms. The molecule has 1 aromatic rings. The van der Waals surface area contributed by atoms with Crippen molar-refractivity contribution in [2.75, 3.05) is 6.61 Å². The van der Waals surface area contributed by atoms with Crippen molar-refractivity contribution in [1.82, 2.24) is 0 Å². The van der Waals surface area contributed by atoms with Crippen LogP contribution >= 0.6 is 0 Å². The first-order chi connectivity index (χ1) is 14.5. The Morgan fingerprint density at radius 3 is 2.19 bits per heavy atom. The van der Waals surface area contributed by atoms with E-state index in [0.717, 1.165) is 19.3 Å². The van der Waals surface area contributed by atoms with E-state index in [1.807, 2.05) is 52.8 Å². The van der Waals surface area contributed by atoms with E-state index in [1.54, 1.807) is 0 Å². The second kappa shape index (κ2) is 13.5. The van der Waals surface area contributed by atoms with Crippen LogP contribution in [0.15, 0.2) is 30.3 Å². The smallest absolute Gasteiger partial charge is 0.309 e. The van der Waals surface area contributed by atoms with Gasteiger partial charge in [-0.2, -0.15) is 0 Å². The number of aryl methyl sites for hydroxylation is 1. The molecule has 31 heavy (non-hydrogen) atoms. The van der Waals surface area contributed by atoms with E-state index < -0.39 is 17.6 Å². The van der Waals surface area contributed by atoms with Gasteiger partial charge in [-0.05, 0) is 58.4 Å². The summed E-state index contributed by atoms with van der Waals surface area (Å²) in [6.45, 7) is 14.2. The van der Waals surface area contributed by atoms with Crippen molar-refractivity contribution in [1.29, 1.82) is 0 Å². The molecule has 1 aromatic carbocycles. The summed E-state index contributed by atoms with van der Waals surface area (Å²) in [6.07, 6.45) is 2.43. The van der Waals surface area contributed by atoms with E-state index in [1.165, 1.54) is 5.56 Å². The number of carbonyl (C=O) groups excluding carboxylic acids is 2. The van der Waals surface area contributed by atoms with Crippen LogP contribution in [0.3, 0.4) is 0 Å². The van der Waals surface area contributed by atoms with Gasteiger partial charge in [-0.25, -0.2) is 0 Å². The Hall–Kier alpha value is -1.88. The summed E-state index contributed by atoms with van der Waals surface area (Å²) in [6, 6.07) is 10.2. The summed E-state index contributed by atoms with van der Waals surface area (Å²) in [4.78, 5) is 25.1. The Kier molecular flexibility index (Phi) is 11.8. The first-order valence-corrected chi connectivity index (χ1v) is 11.6. The summed E-state index contributed by atoms with van der Waals surface area (Å²) in [5.41, 5.74) is 0.658. The summed E-state index contributed by atoms with van der Waals surface area (Å²) in [5, 5.41) is 0. The van der Waals surface area contributed by atoms with Crippen LogP contribution in [0.2, 0.25) is 0 Å². The highest BCUT2D eigenvalue weighted by Crippen LogP contribution is 2.21. The van der Waals surface area contributed by atoms with E-state index in [2.05, 4.69) is 26.0 Å². The van der Waals surface area contributed by atoms with Crippen LogP contribution in [0.4, 0.5) is 0 Å². The van der Waals surface area contributed by atoms with Gasteiger partial charge in [-0.1, -0.05) is 57.5 Å². The van der Waals surface area contributed by atoms with Crippen LogP contribution in [0.5, 0.6) is 0 Å². The number of hydrogen-bond donors (Lipinski definition) is 0. The fourth-order valence-corrected chi connectivity index (χ4v) is 3.31. The molecule has 0 saturated heterocycles. The first-order valence-electron chi connectivity index (χ1n) is 11.6. The molecule has 5 nitrogen and oxygen atoms in total. The van der Waals surface area contributed by atoms with E-state index >= 15 is 0 Å². The van der Waals surface area contributed by atoms with Gasteiger partial charge in [-0.3, -0.25) is 9.59 Å². The van der Waals surface area contributed by atoms with Crippen LogP contribution in [0.1, 0.15) is 79.7 Å². The van der Waals surface area contributed by atoms with Crippen molar-refractivity contribution >= 4 is 11.9 Å². The molecule has 0 radical (unpaired) electrons. The molecular weight excluding hydrogens is 392 g/mol. The number of esters is 2. The molecule has 176 valence electrons. The maximum atomic E-state index is 12.9. The molecule has 0 aliphatic carbocycles. The summed E-state index contributed by atoms with van der Waals surface area (Å²) in [7, 11) is 0. The first kappa shape index (κ1) is 27.2. The van der Waals surface area contributed by atoms with Gasteiger partial charge < -0.3 is 14.2 Å². The monoisotopic (exact) mass is 434 g/mol. The zero-order chi connectivity index (χ0) is 23.4. The highest BCUT2D eigenvalue weighted by Gasteiger charge is 2.29. The Labute approximate surface area is 188 Å². The molecule has 0 aliphatic rings. The van der Waals surface area contributed by atoms with E-state index in [9.17, 15) is 9.59 Å². The maximum Gasteiger partial charge on any atom is 0.309 e. The third kappa shape index (κ3) is 11.9. The van der Waals surface area contributed by atoms with Crippen LogP contribution in [-0.4, -0.2) is 36.4 Å². The lowest BCUT2D eigenvalue weighted by molar-refractivity contribution is -0.168. The van der Waals surface area contributed by atoms with Crippen molar-refractivity contribution in [3.63, 3.8) is 0 Å². The topological polar surface area (TPSA) is 61.8 Å². The largest absolute Gasteiger partial charge is 0.460 e. The van der Waals surface area contributed by atoms with Crippen molar-refractivity contribution < 1.29 is 23.8 Å². The molecule has 0 aromatic heterocycles. The molecule has 0 amide bonds. The average molecular weight is 435 g/mol. The van der Waals surface area contributed by atoms with Gasteiger partial charge in [0.15, 0.2) is 0 Å². The normalized spacial score (nSPS) is 14.7. The Morgan fingerprint density at radius 1 is 1.00 bits per heavy atom. The Balaban J connectivity index is 2.75. The highest BCUT2D eigenvalue weighted by molar-refractivity contribution is 5.80. The molecule has 3 atom stereocenters. The van der Waals surface area contributed by atoms with Crippen LogP contribution < -0.4 is 0 Å². The van der Waals surface area contributed by atoms with Crippen LogP contribution in [0, 0.1) is 11.8 Å². The minimum absolute atomic E-state index is 0.0399. The molecule has 1 rings (SSSR count). The van der Waals surface area contributed by atoms with Gasteiger partial charge in [0, 0.05) is 6.61 Å². The fraction of sp³-hybridized carbons (Fsp3) is 0.692. The van der Waals surface area contributed by atoms with E-state index in [0.29, 0.717) is 18.9 Å². The minimum atomic E-state index is -0.571. The van der Waals surface area contributed by atoms with Gasteiger partial charge in [0.2, 0.25) is 0 Å². The molecule has 0 N–H and O–H groups in total. The third-order valence-electron chi connectivity index (χ3n) is 4.83. The van der Waals surface area contributed by atoms with E-state index in [4.69, 9.17) is 14.2 Å². The van der Waals surface area contributed by atoms with Crippen LogP contribution in [0.25, 0.3) is 0 Å². The predicted octanol–water partition coefficient (Wildman–Crippen LogP) is 5.74. The lowest BCUT2D eigenvalue weighted by Gasteiger charge is -2.27. The van der Waals surface area contributed by atoms with Gasteiger partial charge in [-0.15, -0.1) is 0 Å². The number of rotatable bonds is 13. The van der Waals surface area contributed by atoms with Crippen molar-refractivity contribution in [2.45, 2.75) is 98.4 Å². The van der Waals surface area contributed by atoms with Gasteiger partial charge in [0.1, 0.15) is 11.7 Å². The molecule has 0 saturated carbocycles.